The molecule has 0 saturated carbocycles. The zero-order chi connectivity index (χ0) is 26.2. The van der Waals surface area contributed by atoms with Crippen LogP contribution in [0.25, 0.3) is 0 Å². The number of rotatable bonds is 4. The van der Waals surface area contributed by atoms with Gasteiger partial charge in [-0.15, -0.1) is 0 Å². The fraction of sp³-hybridized carbons (Fsp3) is 0.115. The van der Waals surface area contributed by atoms with E-state index in [1.54, 1.807) is 4.90 Å². The number of thioether (sulfide) groups is 2. The molecule has 1 saturated heterocycles. The van der Waals surface area contributed by atoms with Gasteiger partial charge in [-0.1, -0.05) is 54.2 Å². The first-order valence-electron chi connectivity index (χ1n) is 11.1. The summed E-state index contributed by atoms with van der Waals surface area (Å²) in [5.74, 6) is -2.23. The van der Waals surface area contributed by atoms with Crippen molar-refractivity contribution < 1.29 is 22.8 Å². The van der Waals surface area contributed by atoms with Crippen molar-refractivity contribution in [2.24, 2.45) is 4.99 Å². The van der Waals surface area contributed by atoms with Crippen LogP contribution in [0.5, 0.6) is 0 Å². The molecule has 2 amide bonds. The first-order valence-corrected chi connectivity index (χ1v) is 12.7. The van der Waals surface area contributed by atoms with Gasteiger partial charge in [0.15, 0.2) is 5.17 Å². The van der Waals surface area contributed by atoms with Gasteiger partial charge in [0, 0.05) is 17.6 Å². The molecule has 1 N–H and O–H groups in total. The third-order valence-electron chi connectivity index (χ3n) is 5.59. The largest absolute Gasteiger partial charge is 0.471 e. The number of aliphatic imine (C=N–C) groups is 1. The Labute approximate surface area is 219 Å². The molecule has 11 heteroatoms. The van der Waals surface area contributed by atoms with Crippen LogP contribution in [0.3, 0.4) is 0 Å². The molecule has 5 rings (SSSR count). The molecule has 0 bridgehead atoms. The van der Waals surface area contributed by atoms with Gasteiger partial charge < -0.3 is 10.2 Å². The van der Waals surface area contributed by atoms with Gasteiger partial charge in [-0.05, 0) is 53.7 Å². The molecular formula is C26H19F3N4O2S2. The molecule has 3 aromatic rings. The lowest BCUT2D eigenvalue weighted by molar-refractivity contribution is -0.167. The number of hydrogen-bond donors (Lipinski definition) is 1. The first kappa shape index (κ1) is 25.0. The molecule has 0 radical (unpaired) electrons. The summed E-state index contributed by atoms with van der Waals surface area (Å²) in [7, 11) is 1.92. The monoisotopic (exact) mass is 540 g/mol. The number of carbonyl (C=O) groups excluding carboxylic acids is 2. The summed E-state index contributed by atoms with van der Waals surface area (Å²) in [5.41, 5.74) is 2.36. The van der Waals surface area contributed by atoms with Crippen LogP contribution >= 0.6 is 23.5 Å². The maximum absolute atomic E-state index is 13.6. The summed E-state index contributed by atoms with van der Waals surface area (Å²) in [6.45, 7) is 0.309. The molecule has 2 aliphatic heterocycles. The predicted molar refractivity (Wildman–Crippen MR) is 141 cm³/mol. The van der Waals surface area contributed by atoms with Gasteiger partial charge in [0.2, 0.25) is 0 Å². The van der Waals surface area contributed by atoms with Crippen LogP contribution < -0.4 is 10.2 Å². The fourth-order valence-electron chi connectivity index (χ4n) is 3.76. The highest BCUT2D eigenvalue weighted by Gasteiger charge is 2.40. The van der Waals surface area contributed by atoms with Gasteiger partial charge in [0.1, 0.15) is 4.91 Å². The van der Waals surface area contributed by atoms with E-state index in [9.17, 15) is 22.8 Å². The van der Waals surface area contributed by atoms with Crippen molar-refractivity contribution in [2.45, 2.75) is 17.6 Å². The normalized spacial score (nSPS) is 18.5. The summed E-state index contributed by atoms with van der Waals surface area (Å²) < 4.78 is 37.6. The second kappa shape index (κ2) is 9.98. The van der Waals surface area contributed by atoms with Crippen molar-refractivity contribution in [3.8, 4) is 0 Å². The molecule has 188 valence electrons. The quantitative estimate of drug-likeness (QED) is 0.390. The van der Waals surface area contributed by atoms with E-state index in [4.69, 9.17) is 0 Å². The SMILES string of the molecule is CN1/C(=C2/S/C(=N\c3ccc(NC(=O)C(F)(F)F)cc3)N(Cc3ccccc3)C2=O)Sc2ccccc21. The molecule has 0 atom stereocenters. The van der Waals surface area contributed by atoms with Gasteiger partial charge in [0.05, 0.1) is 22.9 Å². The first-order chi connectivity index (χ1) is 17.7. The number of halogens is 3. The number of nitrogens with one attached hydrogen (secondary N) is 1. The van der Waals surface area contributed by atoms with E-state index in [0.29, 0.717) is 22.3 Å². The van der Waals surface area contributed by atoms with Crippen molar-refractivity contribution >= 4 is 57.6 Å². The molecule has 37 heavy (non-hydrogen) atoms. The van der Waals surface area contributed by atoms with Gasteiger partial charge in [-0.3, -0.25) is 14.5 Å². The Morgan fingerprint density at radius 3 is 2.30 bits per heavy atom. The smallest absolute Gasteiger partial charge is 0.337 e. The Kier molecular flexibility index (Phi) is 6.74. The summed E-state index contributed by atoms with van der Waals surface area (Å²) >= 11 is 2.78. The van der Waals surface area contributed by atoms with Gasteiger partial charge in [-0.2, -0.15) is 13.2 Å². The standard InChI is InChI=1S/C26H19F3N4O2S2/c1-32-19-9-5-6-10-20(19)36-23(32)21-22(34)33(15-16-7-3-2-4-8-16)25(37-21)31-18-13-11-17(12-14-18)30-24(35)26(27,28)29/h2-14H,15H2,1H3,(H,30,35)/b23-21-,31-25-. The Hall–Kier alpha value is -3.70. The number of amidine groups is 1. The van der Waals surface area contributed by atoms with Gasteiger partial charge in [0.25, 0.3) is 5.91 Å². The van der Waals surface area contributed by atoms with Crippen LogP contribution in [0.4, 0.5) is 30.2 Å². The Morgan fingerprint density at radius 2 is 1.62 bits per heavy atom. The van der Waals surface area contributed by atoms with Gasteiger partial charge in [-0.25, -0.2) is 4.99 Å². The maximum Gasteiger partial charge on any atom is 0.471 e. The molecule has 3 aromatic carbocycles. The van der Waals surface area contributed by atoms with Crippen LogP contribution in [0, 0.1) is 0 Å². The van der Waals surface area contributed by atoms with Crippen molar-refractivity contribution in [1.82, 2.24) is 4.90 Å². The molecule has 0 spiro atoms. The maximum atomic E-state index is 13.6. The van der Waals surface area contributed by atoms with Crippen LogP contribution in [0.2, 0.25) is 0 Å². The number of para-hydroxylation sites is 1. The van der Waals surface area contributed by atoms with E-state index >= 15 is 0 Å². The fourth-order valence-corrected chi connectivity index (χ4v) is 6.10. The summed E-state index contributed by atoms with van der Waals surface area (Å²) in [6, 6.07) is 23.1. The van der Waals surface area contributed by atoms with Crippen molar-refractivity contribution in [2.75, 3.05) is 17.3 Å². The average Bonchev–Trinajstić information content (AvgIpc) is 3.37. The number of alkyl halides is 3. The Balaban J connectivity index is 1.46. The van der Waals surface area contributed by atoms with E-state index in [1.807, 2.05) is 71.9 Å². The molecular weight excluding hydrogens is 521 g/mol. The van der Waals surface area contributed by atoms with Crippen molar-refractivity contribution in [3.63, 3.8) is 0 Å². The molecule has 0 aromatic heterocycles. The van der Waals surface area contributed by atoms with E-state index in [0.717, 1.165) is 21.2 Å². The van der Waals surface area contributed by atoms with Crippen LogP contribution in [0.15, 0.2) is 98.7 Å². The van der Waals surface area contributed by atoms with Crippen LogP contribution in [-0.4, -0.2) is 35.1 Å². The molecule has 1 fully saturated rings. The number of fused-ring (bicyclic) bond motifs is 1. The molecule has 6 nitrogen and oxygen atoms in total. The average molecular weight is 541 g/mol. The molecule has 0 unspecified atom stereocenters. The highest BCUT2D eigenvalue weighted by atomic mass is 32.2. The Morgan fingerprint density at radius 1 is 0.946 bits per heavy atom. The van der Waals surface area contributed by atoms with E-state index in [1.165, 1.54) is 47.8 Å². The number of anilines is 2. The van der Waals surface area contributed by atoms with E-state index in [-0.39, 0.29) is 11.6 Å². The lowest BCUT2D eigenvalue weighted by Gasteiger charge is -2.17. The summed E-state index contributed by atoms with van der Waals surface area (Å²) in [5, 5.41) is 3.07. The number of benzene rings is 3. The number of amides is 2. The molecule has 2 aliphatic rings. The number of carbonyl (C=O) groups is 2. The minimum Gasteiger partial charge on any atom is -0.337 e. The predicted octanol–water partition coefficient (Wildman–Crippen LogP) is 6.36. The lowest BCUT2D eigenvalue weighted by atomic mass is 10.2. The third kappa shape index (κ3) is 5.23. The van der Waals surface area contributed by atoms with E-state index in [2.05, 4.69) is 4.99 Å². The second-order valence-electron chi connectivity index (χ2n) is 8.14. The van der Waals surface area contributed by atoms with Crippen molar-refractivity contribution in [1.29, 1.82) is 0 Å². The molecule has 0 aliphatic carbocycles. The summed E-state index contributed by atoms with van der Waals surface area (Å²) in [6.07, 6.45) is -4.98. The summed E-state index contributed by atoms with van der Waals surface area (Å²) in [4.78, 5) is 34.7. The van der Waals surface area contributed by atoms with Crippen LogP contribution in [-0.2, 0) is 16.1 Å². The zero-order valence-electron chi connectivity index (χ0n) is 19.3. The third-order valence-corrected chi connectivity index (χ3v) is 8.02. The van der Waals surface area contributed by atoms with Gasteiger partial charge >= 0.3 is 12.1 Å². The zero-order valence-corrected chi connectivity index (χ0v) is 21.0. The number of nitrogens with zero attached hydrogens (tertiary/aromatic N) is 3. The highest BCUT2D eigenvalue weighted by molar-refractivity contribution is 8.19. The van der Waals surface area contributed by atoms with Crippen LogP contribution in [0.1, 0.15) is 5.56 Å². The Bertz CT molecular complexity index is 1420. The van der Waals surface area contributed by atoms with Crippen molar-refractivity contribution in [3.05, 3.63) is 94.4 Å². The number of hydrogen-bond acceptors (Lipinski definition) is 6. The van der Waals surface area contributed by atoms with E-state index < -0.39 is 12.1 Å². The topological polar surface area (TPSA) is 65.0 Å². The second-order valence-corrected chi connectivity index (χ2v) is 10.1. The molecule has 2 heterocycles. The minimum atomic E-state index is -4.98. The minimum absolute atomic E-state index is 0.00730. The lowest BCUT2D eigenvalue weighted by Crippen LogP contribution is -2.29. The highest BCUT2D eigenvalue weighted by Crippen LogP contribution is 2.50.